The molecule has 19 heavy (non-hydrogen) atoms. The van der Waals surface area contributed by atoms with Gasteiger partial charge in [-0.2, -0.15) is 10.1 Å². The summed E-state index contributed by atoms with van der Waals surface area (Å²) in [5.74, 6) is 1.06. The monoisotopic (exact) mass is 256 g/mol. The first kappa shape index (κ1) is 11.3. The first-order valence-electron chi connectivity index (χ1n) is 5.60. The molecule has 3 rings (SSSR count). The number of H-pyrrole nitrogens is 1. The van der Waals surface area contributed by atoms with E-state index in [0.717, 1.165) is 16.5 Å². The van der Waals surface area contributed by atoms with E-state index in [-0.39, 0.29) is 5.95 Å². The van der Waals surface area contributed by atoms with Crippen molar-refractivity contribution in [1.82, 2.24) is 20.2 Å². The number of fused-ring (bicyclic) bond motifs is 1. The molecule has 96 valence electrons. The molecule has 0 fully saturated rings. The molecule has 2 aromatic heterocycles. The Bertz CT molecular complexity index is 751. The van der Waals surface area contributed by atoms with Crippen LogP contribution in [0.4, 0.5) is 11.8 Å². The standard InChI is InChI=1S/C12H12N6O/c1-19-10-5-8(15-12(14)16-10)6-2-3-7-9(4-6)17-18-11(7)13/h2-5H,1H3,(H3,13,17,18)(H2,14,15,16). The van der Waals surface area contributed by atoms with Gasteiger partial charge in [-0.15, -0.1) is 0 Å². The molecule has 0 atom stereocenters. The first-order chi connectivity index (χ1) is 9.17. The summed E-state index contributed by atoms with van der Waals surface area (Å²) in [6.45, 7) is 0. The second kappa shape index (κ2) is 4.13. The average molecular weight is 256 g/mol. The van der Waals surface area contributed by atoms with Gasteiger partial charge in [0.05, 0.1) is 18.3 Å². The van der Waals surface area contributed by atoms with Crippen LogP contribution in [0.5, 0.6) is 5.88 Å². The number of hydrogen-bond acceptors (Lipinski definition) is 6. The smallest absolute Gasteiger partial charge is 0.223 e. The maximum Gasteiger partial charge on any atom is 0.223 e. The Balaban J connectivity index is 2.15. The van der Waals surface area contributed by atoms with Crippen LogP contribution >= 0.6 is 0 Å². The van der Waals surface area contributed by atoms with E-state index in [1.807, 2.05) is 18.2 Å². The Labute approximate surface area is 108 Å². The van der Waals surface area contributed by atoms with Crippen molar-refractivity contribution in [1.29, 1.82) is 0 Å². The average Bonchev–Trinajstić information content (AvgIpc) is 2.79. The van der Waals surface area contributed by atoms with Crippen LogP contribution in [0.3, 0.4) is 0 Å². The third-order valence-corrected chi connectivity index (χ3v) is 2.82. The number of anilines is 2. The Kier molecular flexibility index (Phi) is 2.45. The molecule has 7 nitrogen and oxygen atoms in total. The van der Waals surface area contributed by atoms with E-state index in [1.165, 1.54) is 7.11 Å². The number of hydrogen-bond donors (Lipinski definition) is 3. The van der Waals surface area contributed by atoms with Crippen molar-refractivity contribution in [2.75, 3.05) is 18.6 Å². The van der Waals surface area contributed by atoms with Gasteiger partial charge in [0.1, 0.15) is 0 Å². The molecule has 0 saturated heterocycles. The van der Waals surface area contributed by atoms with Gasteiger partial charge in [-0.3, -0.25) is 5.10 Å². The molecule has 0 aliphatic rings. The van der Waals surface area contributed by atoms with E-state index in [4.69, 9.17) is 16.2 Å². The molecule has 0 unspecified atom stereocenters. The van der Waals surface area contributed by atoms with E-state index < -0.39 is 0 Å². The van der Waals surface area contributed by atoms with Gasteiger partial charge < -0.3 is 16.2 Å². The number of benzene rings is 1. The SMILES string of the molecule is COc1cc(-c2ccc3c(N)n[nH]c3c2)nc(N)n1. The fourth-order valence-corrected chi connectivity index (χ4v) is 1.90. The second-order valence-electron chi connectivity index (χ2n) is 4.02. The summed E-state index contributed by atoms with van der Waals surface area (Å²) in [5.41, 5.74) is 13.8. The molecular formula is C12H12N6O. The minimum absolute atomic E-state index is 0.165. The molecule has 0 amide bonds. The van der Waals surface area contributed by atoms with E-state index in [0.29, 0.717) is 17.4 Å². The highest BCUT2D eigenvalue weighted by Gasteiger charge is 2.08. The van der Waals surface area contributed by atoms with Crippen LogP contribution in [0.15, 0.2) is 24.3 Å². The predicted octanol–water partition coefficient (Wildman–Crippen LogP) is 1.19. The third kappa shape index (κ3) is 1.90. The normalized spacial score (nSPS) is 10.8. The van der Waals surface area contributed by atoms with Gasteiger partial charge in [0, 0.05) is 17.0 Å². The zero-order chi connectivity index (χ0) is 13.4. The number of aromatic amines is 1. The lowest BCUT2D eigenvalue weighted by Crippen LogP contribution is -1.99. The van der Waals surface area contributed by atoms with Gasteiger partial charge in [0.15, 0.2) is 5.82 Å². The lowest BCUT2D eigenvalue weighted by atomic mass is 10.1. The van der Waals surface area contributed by atoms with Gasteiger partial charge in [0.25, 0.3) is 0 Å². The van der Waals surface area contributed by atoms with E-state index >= 15 is 0 Å². The van der Waals surface area contributed by atoms with Crippen molar-refractivity contribution < 1.29 is 4.74 Å². The molecular weight excluding hydrogens is 244 g/mol. The second-order valence-corrected chi connectivity index (χ2v) is 4.02. The van der Waals surface area contributed by atoms with Crippen molar-refractivity contribution in [2.24, 2.45) is 0 Å². The van der Waals surface area contributed by atoms with Gasteiger partial charge in [0.2, 0.25) is 11.8 Å². The summed E-state index contributed by atoms with van der Waals surface area (Å²) in [6, 6.07) is 7.40. The number of nitrogen functional groups attached to an aromatic ring is 2. The lowest BCUT2D eigenvalue weighted by Gasteiger charge is -2.05. The van der Waals surface area contributed by atoms with Crippen molar-refractivity contribution in [3.8, 4) is 17.1 Å². The number of methoxy groups -OCH3 is 1. The number of rotatable bonds is 2. The van der Waals surface area contributed by atoms with Crippen molar-refractivity contribution in [2.45, 2.75) is 0 Å². The highest BCUT2D eigenvalue weighted by molar-refractivity contribution is 5.91. The summed E-state index contributed by atoms with van der Waals surface area (Å²) >= 11 is 0. The van der Waals surface area contributed by atoms with Crippen LogP contribution < -0.4 is 16.2 Å². The van der Waals surface area contributed by atoms with Crippen LogP contribution in [0, 0.1) is 0 Å². The predicted molar refractivity (Wildman–Crippen MR) is 72.5 cm³/mol. The fraction of sp³-hybridized carbons (Fsp3) is 0.0833. The quantitative estimate of drug-likeness (QED) is 0.634. The molecule has 0 saturated carbocycles. The summed E-state index contributed by atoms with van der Waals surface area (Å²) in [4.78, 5) is 8.14. The van der Waals surface area contributed by atoms with Crippen LogP contribution in [0.25, 0.3) is 22.2 Å². The van der Waals surface area contributed by atoms with Crippen molar-refractivity contribution in [3.63, 3.8) is 0 Å². The van der Waals surface area contributed by atoms with E-state index in [2.05, 4.69) is 20.2 Å². The fourth-order valence-electron chi connectivity index (χ4n) is 1.90. The summed E-state index contributed by atoms with van der Waals surface area (Å²) in [5, 5.41) is 7.69. The van der Waals surface area contributed by atoms with Gasteiger partial charge >= 0.3 is 0 Å². The molecule has 0 aliphatic heterocycles. The highest BCUT2D eigenvalue weighted by Crippen LogP contribution is 2.26. The molecule has 7 heteroatoms. The Morgan fingerprint density at radius 2 is 2.00 bits per heavy atom. The molecule has 3 aromatic rings. The summed E-state index contributed by atoms with van der Waals surface area (Å²) in [7, 11) is 1.53. The van der Waals surface area contributed by atoms with E-state index in [1.54, 1.807) is 6.07 Å². The molecule has 0 spiro atoms. The highest BCUT2D eigenvalue weighted by atomic mass is 16.5. The lowest BCUT2D eigenvalue weighted by molar-refractivity contribution is 0.398. The maximum atomic E-state index is 5.73. The van der Waals surface area contributed by atoms with Crippen LogP contribution in [0.2, 0.25) is 0 Å². The molecule has 0 radical (unpaired) electrons. The van der Waals surface area contributed by atoms with Crippen LogP contribution in [-0.2, 0) is 0 Å². The minimum atomic E-state index is 0.165. The van der Waals surface area contributed by atoms with Crippen LogP contribution in [-0.4, -0.2) is 27.3 Å². The number of nitrogens with zero attached hydrogens (tertiary/aromatic N) is 3. The number of nitrogens with two attached hydrogens (primary N) is 2. The number of nitrogens with one attached hydrogen (secondary N) is 1. The topological polar surface area (TPSA) is 116 Å². The zero-order valence-corrected chi connectivity index (χ0v) is 10.2. The Morgan fingerprint density at radius 1 is 1.16 bits per heavy atom. The zero-order valence-electron chi connectivity index (χ0n) is 10.2. The Hall–Kier alpha value is -2.83. The van der Waals surface area contributed by atoms with E-state index in [9.17, 15) is 0 Å². The largest absolute Gasteiger partial charge is 0.481 e. The minimum Gasteiger partial charge on any atom is -0.481 e. The Morgan fingerprint density at radius 3 is 2.79 bits per heavy atom. The number of aromatic nitrogens is 4. The third-order valence-electron chi connectivity index (χ3n) is 2.82. The molecule has 0 bridgehead atoms. The van der Waals surface area contributed by atoms with Crippen LogP contribution in [0.1, 0.15) is 0 Å². The van der Waals surface area contributed by atoms with Crippen molar-refractivity contribution >= 4 is 22.7 Å². The first-order valence-corrected chi connectivity index (χ1v) is 5.60. The molecule has 5 N–H and O–H groups in total. The number of ether oxygens (including phenoxy) is 1. The van der Waals surface area contributed by atoms with Gasteiger partial charge in [-0.05, 0) is 12.1 Å². The molecule has 1 aromatic carbocycles. The van der Waals surface area contributed by atoms with Gasteiger partial charge in [-0.25, -0.2) is 4.98 Å². The maximum absolute atomic E-state index is 5.73. The summed E-state index contributed by atoms with van der Waals surface area (Å²) in [6.07, 6.45) is 0. The molecule has 0 aliphatic carbocycles. The molecule has 2 heterocycles. The summed E-state index contributed by atoms with van der Waals surface area (Å²) < 4.78 is 5.08. The van der Waals surface area contributed by atoms with Crippen molar-refractivity contribution in [3.05, 3.63) is 24.3 Å². The van der Waals surface area contributed by atoms with Gasteiger partial charge in [-0.1, -0.05) is 6.07 Å².